The highest BCUT2D eigenvalue weighted by Crippen LogP contribution is 2.30. The van der Waals surface area contributed by atoms with Crippen LogP contribution in [0.2, 0.25) is 0 Å². The van der Waals surface area contributed by atoms with Gasteiger partial charge >= 0.3 is 5.97 Å². The van der Waals surface area contributed by atoms with Crippen LogP contribution in [0.15, 0.2) is 12.1 Å². The van der Waals surface area contributed by atoms with Gasteiger partial charge in [-0.3, -0.25) is 4.90 Å². The summed E-state index contributed by atoms with van der Waals surface area (Å²) in [4.78, 5) is 13.7. The molecule has 1 N–H and O–H groups in total. The lowest BCUT2D eigenvalue weighted by atomic mass is 9.95. The van der Waals surface area contributed by atoms with E-state index < -0.39 is 6.10 Å². The maximum absolute atomic E-state index is 11.5. The average molecular weight is 296 g/mol. The first-order valence-electron chi connectivity index (χ1n) is 6.90. The smallest absolute Gasteiger partial charge is 0.338 e. The second-order valence-corrected chi connectivity index (χ2v) is 6.16. The normalized spacial score (nSPS) is 23.8. The minimum atomic E-state index is -0.557. The fourth-order valence-corrected chi connectivity index (χ4v) is 3.32. The van der Waals surface area contributed by atoms with Gasteiger partial charge in [-0.1, -0.05) is 6.07 Å². The van der Waals surface area contributed by atoms with E-state index in [1.165, 1.54) is 0 Å². The van der Waals surface area contributed by atoms with E-state index in [9.17, 15) is 9.90 Å². The number of nitrogens with zero attached hydrogens (tertiary/aromatic N) is 1. The Balaban J connectivity index is 1.78. The first kappa shape index (κ1) is 13.9. The summed E-state index contributed by atoms with van der Waals surface area (Å²) in [5.74, 6) is -0.270. The lowest BCUT2D eigenvalue weighted by Gasteiger charge is -2.21. The third-order valence-corrected chi connectivity index (χ3v) is 4.57. The largest absolute Gasteiger partial charge is 0.457 e. The number of carbonyl (C=O) groups is 1. The molecule has 1 aromatic carbocycles. The summed E-state index contributed by atoms with van der Waals surface area (Å²) in [6.07, 6.45) is 0.415. The van der Waals surface area contributed by atoms with Crippen molar-refractivity contribution in [3.05, 3.63) is 34.4 Å². The molecule has 20 heavy (non-hydrogen) atoms. The monoisotopic (exact) mass is 295 g/mol. The number of ether oxygens (including phenoxy) is 1. The SMILES string of the molecule is Cc1c([C@@H](O)CN2CC[C@H](Cl)C2)ccc2c1COC2=O. The van der Waals surface area contributed by atoms with Crippen LogP contribution in [0, 0.1) is 6.92 Å². The van der Waals surface area contributed by atoms with Gasteiger partial charge in [-0.25, -0.2) is 4.79 Å². The number of alkyl halides is 1. The van der Waals surface area contributed by atoms with Crippen molar-refractivity contribution >= 4 is 17.6 Å². The zero-order valence-electron chi connectivity index (χ0n) is 11.4. The fraction of sp³-hybridized carbons (Fsp3) is 0.533. The number of halogens is 1. The molecular weight excluding hydrogens is 278 g/mol. The van der Waals surface area contributed by atoms with Crippen molar-refractivity contribution in [1.82, 2.24) is 4.90 Å². The first-order valence-corrected chi connectivity index (χ1v) is 7.34. The van der Waals surface area contributed by atoms with Crippen LogP contribution in [0.5, 0.6) is 0 Å². The van der Waals surface area contributed by atoms with Gasteiger partial charge in [0.1, 0.15) is 6.61 Å². The number of fused-ring (bicyclic) bond motifs is 1. The van der Waals surface area contributed by atoms with Crippen molar-refractivity contribution in [3.8, 4) is 0 Å². The molecule has 1 saturated heterocycles. The van der Waals surface area contributed by atoms with E-state index in [4.69, 9.17) is 16.3 Å². The van der Waals surface area contributed by atoms with Gasteiger partial charge in [0, 0.05) is 24.0 Å². The van der Waals surface area contributed by atoms with Gasteiger partial charge < -0.3 is 9.84 Å². The van der Waals surface area contributed by atoms with Gasteiger partial charge in [-0.2, -0.15) is 0 Å². The Hall–Kier alpha value is -1.10. The summed E-state index contributed by atoms with van der Waals surface area (Å²) in [5, 5.41) is 10.6. The highest BCUT2D eigenvalue weighted by atomic mass is 35.5. The summed E-state index contributed by atoms with van der Waals surface area (Å²) >= 11 is 6.08. The molecule has 2 aliphatic rings. The molecule has 4 nitrogen and oxygen atoms in total. The molecule has 0 saturated carbocycles. The predicted octanol–water partition coefficient (Wildman–Crippen LogP) is 2.01. The Morgan fingerprint density at radius 2 is 2.35 bits per heavy atom. The topological polar surface area (TPSA) is 49.8 Å². The molecule has 0 radical (unpaired) electrons. The van der Waals surface area contributed by atoms with Crippen LogP contribution in [-0.4, -0.2) is 41.0 Å². The number of likely N-dealkylation sites (tertiary alicyclic amines) is 1. The standard InChI is InChI=1S/C15H18ClNO3/c1-9-11(2-3-12-13(9)8-20-15(12)19)14(18)7-17-5-4-10(16)6-17/h2-3,10,14,18H,4-8H2,1H3/t10-,14-/m0/s1. The van der Waals surface area contributed by atoms with Gasteiger partial charge in [-0.05, 0) is 37.1 Å². The van der Waals surface area contributed by atoms with Gasteiger partial charge in [0.25, 0.3) is 0 Å². The molecule has 2 heterocycles. The van der Waals surface area contributed by atoms with Crippen LogP contribution in [0.1, 0.15) is 39.6 Å². The molecule has 0 aromatic heterocycles. The van der Waals surface area contributed by atoms with Crippen LogP contribution in [0.4, 0.5) is 0 Å². The highest BCUT2D eigenvalue weighted by Gasteiger charge is 2.27. The molecule has 1 fully saturated rings. The lowest BCUT2D eigenvalue weighted by molar-refractivity contribution is 0.0535. The Morgan fingerprint density at radius 1 is 1.55 bits per heavy atom. The fourth-order valence-electron chi connectivity index (χ4n) is 3.02. The highest BCUT2D eigenvalue weighted by molar-refractivity contribution is 6.20. The Bertz CT molecular complexity index is 546. The molecule has 0 bridgehead atoms. The Morgan fingerprint density at radius 3 is 3.05 bits per heavy atom. The van der Waals surface area contributed by atoms with Gasteiger partial charge in [0.15, 0.2) is 0 Å². The van der Waals surface area contributed by atoms with Gasteiger partial charge in [0.2, 0.25) is 0 Å². The molecular formula is C15H18ClNO3. The minimum Gasteiger partial charge on any atom is -0.457 e. The molecule has 3 rings (SSSR count). The number of carbonyl (C=O) groups excluding carboxylic acids is 1. The second kappa shape index (κ2) is 5.35. The van der Waals surface area contributed by atoms with Crippen molar-refractivity contribution in [2.45, 2.75) is 31.4 Å². The van der Waals surface area contributed by atoms with E-state index in [0.717, 1.165) is 36.2 Å². The number of aliphatic hydroxyl groups excluding tert-OH is 1. The first-order chi connectivity index (χ1) is 9.56. The molecule has 0 spiro atoms. The zero-order chi connectivity index (χ0) is 14.3. The average Bonchev–Trinajstić information content (AvgIpc) is 2.97. The number of aliphatic hydroxyl groups is 1. The molecule has 2 aliphatic heterocycles. The van der Waals surface area contributed by atoms with Crippen LogP contribution < -0.4 is 0 Å². The second-order valence-electron chi connectivity index (χ2n) is 5.54. The van der Waals surface area contributed by atoms with Crippen LogP contribution >= 0.6 is 11.6 Å². The van der Waals surface area contributed by atoms with E-state index in [1.807, 2.05) is 13.0 Å². The van der Waals surface area contributed by atoms with Crippen molar-refractivity contribution in [2.24, 2.45) is 0 Å². The van der Waals surface area contributed by atoms with Crippen LogP contribution in [0.25, 0.3) is 0 Å². The molecule has 0 amide bonds. The summed E-state index contributed by atoms with van der Waals surface area (Å²) in [5.41, 5.74) is 3.37. The number of cyclic esters (lactones) is 1. The van der Waals surface area contributed by atoms with E-state index in [-0.39, 0.29) is 11.3 Å². The maximum Gasteiger partial charge on any atom is 0.338 e. The van der Waals surface area contributed by atoms with E-state index in [2.05, 4.69) is 4.90 Å². The molecule has 108 valence electrons. The van der Waals surface area contributed by atoms with E-state index >= 15 is 0 Å². The lowest BCUT2D eigenvalue weighted by Crippen LogP contribution is -2.27. The number of hydrogen-bond donors (Lipinski definition) is 1. The van der Waals surface area contributed by atoms with Crippen LogP contribution in [0.3, 0.4) is 0 Å². The van der Waals surface area contributed by atoms with E-state index in [0.29, 0.717) is 18.7 Å². The van der Waals surface area contributed by atoms with E-state index in [1.54, 1.807) is 6.07 Å². The summed E-state index contributed by atoms with van der Waals surface area (Å²) < 4.78 is 5.04. The maximum atomic E-state index is 11.5. The molecule has 0 aliphatic carbocycles. The van der Waals surface area contributed by atoms with Crippen molar-refractivity contribution in [1.29, 1.82) is 0 Å². The van der Waals surface area contributed by atoms with Crippen molar-refractivity contribution in [2.75, 3.05) is 19.6 Å². The molecule has 2 atom stereocenters. The zero-order valence-corrected chi connectivity index (χ0v) is 12.2. The number of hydrogen-bond acceptors (Lipinski definition) is 4. The van der Waals surface area contributed by atoms with Crippen molar-refractivity contribution in [3.63, 3.8) is 0 Å². The number of β-amino-alcohol motifs (C(OH)–C–C–N with tert-alkyl or cyclic N) is 1. The van der Waals surface area contributed by atoms with Gasteiger partial charge in [-0.15, -0.1) is 11.6 Å². The number of rotatable bonds is 3. The molecule has 1 aromatic rings. The van der Waals surface area contributed by atoms with Gasteiger partial charge in [0.05, 0.1) is 11.7 Å². The quantitative estimate of drug-likeness (QED) is 0.685. The number of benzene rings is 1. The Labute approximate surface area is 123 Å². The number of esters is 1. The predicted molar refractivity (Wildman–Crippen MR) is 76.0 cm³/mol. The van der Waals surface area contributed by atoms with Crippen molar-refractivity contribution < 1.29 is 14.6 Å². The summed E-state index contributed by atoms with van der Waals surface area (Å²) in [6, 6.07) is 3.59. The summed E-state index contributed by atoms with van der Waals surface area (Å²) in [6.45, 7) is 4.58. The summed E-state index contributed by atoms with van der Waals surface area (Å²) in [7, 11) is 0. The minimum absolute atomic E-state index is 0.189. The third-order valence-electron chi connectivity index (χ3n) is 4.21. The molecule has 0 unspecified atom stereocenters. The van der Waals surface area contributed by atoms with Crippen LogP contribution in [-0.2, 0) is 11.3 Å². The Kier molecular flexibility index (Phi) is 3.71. The third kappa shape index (κ3) is 2.43. The molecule has 5 heteroatoms.